The number of carboxylic acid groups (broad SMARTS) is 3. The molecule has 2 unspecified atom stereocenters. The van der Waals surface area contributed by atoms with Crippen LogP contribution >= 0.6 is 11.8 Å². The van der Waals surface area contributed by atoms with Gasteiger partial charge in [0.05, 0.1) is 12.5 Å². The maximum atomic E-state index is 12.3. The number of methoxy groups -OCH3 is 1. The van der Waals surface area contributed by atoms with Crippen LogP contribution in [0.25, 0.3) is 0 Å². The number of piperidine rings is 1. The van der Waals surface area contributed by atoms with Crippen LogP contribution in [-0.2, 0) is 27.5 Å². The predicted octanol–water partition coefficient (Wildman–Crippen LogP) is 2.45. The molecule has 4 heterocycles. The van der Waals surface area contributed by atoms with Crippen LogP contribution in [0.5, 0.6) is 5.75 Å². The second-order valence-electron chi connectivity index (χ2n) is 9.77. The van der Waals surface area contributed by atoms with Crippen LogP contribution in [0.3, 0.4) is 0 Å². The second-order valence-corrected chi connectivity index (χ2v) is 10.9. The second kappa shape index (κ2) is 13.6. The van der Waals surface area contributed by atoms with Crippen molar-refractivity contribution in [1.29, 1.82) is 0 Å². The number of pyridine rings is 1. The van der Waals surface area contributed by atoms with E-state index >= 15 is 0 Å². The highest BCUT2D eigenvalue weighted by Gasteiger charge is 2.35. The summed E-state index contributed by atoms with van der Waals surface area (Å²) in [5.74, 6) is -0.199. The number of ether oxygens (including phenoxy) is 1. The first kappa shape index (κ1) is 30.2. The van der Waals surface area contributed by atoms with Crippen molar-refractivity contribution in [3.05, 3.63) is 63.6 Å². The molecule has 1 aromatic heterocycles. The predicted molar refractivity (Wildman–Crippen MR) is 146 cm³/mol. The zero-order valence-electron chi connectivity index (χ0n) is 22.2. The number of hydrogen-bond acceptors (Lipinski definition) is 8. The maximum absolute atomic E-state index is 12.3. The van der Waals surface area contributed by atoms with Crippen molar-refractivity contribution < 1.29 is 34.4 Å². The Labute approximate surface area is 230 Å². The lowest BCUT2D eigenvalue weighted by atomic mass is 9.83. The van der Waals surface area contributed by atoms with Crippen molar-refractivity contribution in [3.63, 3.8) is 0 Å². The Morgan fingerprint density at radius 3 is 2.36 bits per heavy atom. The number of benzene rings is 1. The van der Waals surface area contributed by atoms with E-state index in [0.717, 1.165) is 69.0 Å². The largest absolute Gasteiger partial charge is 0.496 e. The summed E-state index contributed by atoms with van der Waals surface area (Å²) in [7, 11) is 1.69. The van der Waals surface area contributed by atoms with E-state index < -0.39 is 23.9 Å². The summed E-state index contributed by atoms with van der Waals surface area (Å²) in [6.07, 6.45) is 1.14. The highest BCUT2D eigenvalue weighted by molar-refractivity contribution is 7.99. The fourth-order valence-corrected chi connectivity index (χ4v) is 6.48. The quantitative estimate of drug-likeness (QED) is 0.425. The molecule has 0 saturated carbocycles. The van der Waals surface area contributed by atoms with Gasteiger partial charge in [0.1, 0.15) is 11.8 Å². The Balaban J connectivity index is 0.000000466. The number of thioether (sulfide) groups is 1. The molecule has 4 N–H and O–H groups in total. The number of fused-ring (bicyclic) bond motifs is 4. The third-order valence-electron chi connectivity index (χ3n) is 6.64. The van der Waals surface area contributed by atoms with E-state index in [2.05, 4.69) is 22.3 Å². The van der Waals surface area contributed by atoms with E-state index in [1.807, 2.05) is 22.8 Å². The van der Waals surface area contributed by atoms with Crippen molar-refractivity contribution >= 4 is 29.7 Å². The molecule has 3 aliphatic heterocycles. The highest BCUT2D eigenvalue weighted by atomic mass is 32.2. The van der Waals surface area contributed by atoms with Gasteiger partial charge >= 0.3 is 5.97 Å². The van der Waals surface area contributed by atoms with Gasteiger partial charge in [0.25, 0.3) is 17.5 Å². The molecule has 4 atom stereocenters. The number of hydrogen-bond donors (Lipinski definition) is 4. The standard InChI is InChI=1S/C23H27N3O4S.2C2H4O2/c1-30-20-6-5-15(22-24-18(13-31-22)23(28)29)8-17(20)12-25-9-14-7-16(11-25)19-3-2-4-21(27)26(19)10-14;2*1-2(3)4/h2-6,8,14,16,18,22,24H,7,9-13H2,1H3,(H,28,29);2*1H3,(H,3,4)/t14-,16+,18?,22?;;/m0../s1. The minimum atomic E-state index is -0.833. The topological polar surface area (TPSA) is 158 Å². The summed E-state index contributed by atoms with van der Waals surface area (Å²) in [6.45, 7) is 5.62. The first-order valence-electron chi connectivity index (χ1n) is 12.6. The van der Waals surface area contributed by atoms with E-state index in [4.69, 9.17) is 24.5 Å². The summed E-state index contributed by atoms with van der Waals surface area (Å²) in [5.41, 5.74) is 3.46. The first-order valence-corrected chi connectivity index (χ1v) is 13.6. The third kappa shape index (κ3) is 8.32. The number of rotatable bonds is 5. The maximum Gasteiger partial charge on any atom is 0.321 e. The third-order valence-corrected chi connectivity index (χ3v) is 7.90. The lowest BCUT2D eigenvalue weighted by Gasteiger charge is -2.43. The molecule has 3 aliphatic rings. The van der Waals surface area contributed by atoms with E-state index in [0.29, 0.717) is 17.6 Å². The average molecular weight is 562 g/mol. The zero-order valence-corrected chi connectivity index (χ0v) is 23.0. The molecule has 1 aromatic carbocycles. The van der Waals surface area contributed by atoms with Gasteiger partial charge in [-0.15, -0.1) is 11.8 Å². The zero-order chi connectivity index (χ0) is 28.7. The molecule has 0 radical (unpaired) electrons. The van der Waals surface area contributed by atoms with Gasteiger partial charge in [-0.25, -0.2) is 0 Å². The Morgan fingerprint density at radius 2 is 1.74 bits per heavy atom. The van der Waals surface area contributed by atoms with Crippen molar-refractivity contribution in [2.45, 2.75) is 50.7 Å². The van der Waals surface area contributed by atoms with E-state index in [1.165, 1.54) is 0 Å². The molecule has 0 amide bonds. The fraction of sp³-hybridized carbons (Fsp3) is 0.481. The number of nitrogens with one attached hydrogen (secondary N) is 1. The number of aromatic nitrogens is 1. The molecule has 0 aliphatic carbocycles. The molecule has 39 heavy (non-hydrogen) atoms. The Kier molecular flexibility index (Phi) is 10.6. The van der Waals surface area contributed by atoms with Gasteiger partial charge in [0.2, 0.25) is 0 Å². The van der Waals surface area contributed by atoms with Crippen LogP contribution in [0.1, 0.15) is 48.4 Å². The van der Waals surface area contributed by atoms with Crippen molar-refractivity contribution in [1.82, 2.24) is 14.8 Å². The Morgan fingerprint density at radius 1 is 1.05 bits per heavy atom. The molecule has 12 heteroatoms. The monoisotopic (exact) mass is 561 g/mol. The Bertz CT molecular complexity index is 1230. The molecular weight excluding hydrogens is 526 g/mol. The normalized spacial score (nSPS) is 23.3. The number of aliphatic carboxylic acids is 3. The van der Waals surface area contributed by atoms with E-state index in [-0.39, 0.29) is 10.9 Å². The minimum absolute atomic E-state index is 0.0229. The molecular formula is C27H35N3O8S. The summed E-state index contributed by atoms with van der Waals surface area (Å²) in [6, 6.07) is 11.3. The van der Waals surface area contributed by atoms with Crippen LogP contribution in [-0.4, -0.2) is 74.7 Å². The number of nitrogens with zero attached hydrogens (tertiary/aromatic N) is 2. The SMILES string of the molecule is CC(=O)O.CC(=O)O.COc1ccc(C2NC(C(=O)O)CS2)cc1CN1C[C@@H]2C[C@H](C1)c1cccc(=O)n1C2. The van der Waals surface area contributed by atoms with Crippen molar-refractivity contribution in [2.75, 3.05) is 26.0 Å². The summed E-state index contributed by atoms with van der Waals surface area (Å²) in [5, 5.41) is 27.3. The van der Waals surface area contributed by atoms with Gasteiger partial charge in [-0.1, -0.05) is 12.1 Å². The van der Waals surface area contributed by atoms with Gasteiger partial charge in [0.15, 0.2) is 0 Å². The van der Waals surface area contributed by atoms with Gasteiger partial charge in [-0.2, -0.15) is 0 Å². The van der Waals surface area contributed by atoms with Crippen LogP contribution < -0.4 is 15.6 Å². The van der Waals surface area contributed by atoms with Gasteiger partial charge in [-0.05, 0) is 36.1 Å². The molecule has 2 saturated heterocycles. The van der Waals surface area contributed by atoms with Crippen LogP contribution in [0.4, 0.5) is 0 Å². The summed E-state index contributed by atoms with van der Waals surface area (Å²) in [4.78, 5) is 44.0. The van der Waals surface area contributed by atoms with Gasteiger partial charge in [0, 0.05) is 69.0 Å². The van der Waals surface area contributed by atoms with Crippen LogP contribution in [0.2, 0.25) is 0 Å². The van der Waals surface area contributed by atoms with E-state index in [9.17, 15) is 14.7 Å². The number of carbonyl (C=O) groups is 3. The highest BCUT2D eigenvalue weighted by Crippen LogP contribution is 2.38. The Hall–Kier alpha value is -3.35. The molecule has 11 nitrogen and oxygen atoms in total. The first-order chi connectivity index (χ1) is 18.5. The average Bonchev–Trinajstić information content (AvgIpc) is 3.35. The van der Waals surface area contributed by atoms with E-state index in [1.54, 1.807) is 24.9 Å². The molecule has 0 spiro atoms. The molecule has 2 bridgehead atoms. The van der Waals surface area contributed by atoms with Crippen molar-refractivity contribution in [2.24, 2.45) is 5.92 Å². The molecule has 2 aromatic rings. The number of carboxylic acids is 3. The fourth-order valence-electron chi connectivity index (χ4n) is 5.26. The van der Waals surface area contributed by atoms with Crippen LogP contribution in [0.15, 0.2) is 41.2 Å². The smallest absolute Gasteiger partial charge is 0.321 e. The lowest BCUT2D eigenvalue weighted by Crippen LogP contribution is -2.46. The van der Waals surface area contributed by atoms with Gasteiger partial charge in [-0.3, -0.25) is 29.4 Å². The van der Waals surface area contributed by atoms with Crippen molar-refractivity contribution in [3.8, 4) is 5.75 Å². The summed E-state index contributed by atoms with van der Waals surface area (Å²) >= 11 is 1.63. The van der Waals surface area contributed by atoms with Gasteiger partial charge < -0.3 is 24.6 Å². The summed E-state index contributed by atoms with van der Waals surface area (Å²) < 4.78 is 7.59. The van der Waals surface area contributed by atoms with Crippen LogP contribution in [0, 0.1) is 5.92 Å². The molecule has 2 fully saturated rings. The lowest BCUT2D eigenvalue weighted by molar-refractivity contribution is -0.139. The molecule has 5 rings (SSSR count). The minimum Gasteiger partial charge on any atom is -0.496 e. The molecule has 212 valence electrons. The number of likely N-dealkylation sites (tertiary alicyclic amines) is 1.